The molecule has 1 saturated carbocycles. The molecule has 8 heteroatoms. The number of pyridine rings is 1. The van der Waals surface area contributed by atoms with Gasteiger partial charge in [0, 0.05) is 24.2 Å². The highest BCUT2D eigenvalue weighted by Crippen LogP contribution is 2.31. The van der Waals surface area contributed by atoms with Crippen molar-refractivity contribution < 1.29 is 14.3 Å². The van der Waals surface area contributed by atoms with E-state index in [2.05, 4.69) is 25.8 Å². The van der Waals surface area contributed by atoms with Crippen LogP contribution in [0.5, 0.6) is 5.88 Å². The summed E-state index contributed by atoms with van der Waals surface area (Å²) in [6.45, 7) is 2.76. The number of carbonyl (C=O) groups excluding carboxylic acids is 2. The number of carbonyl (C=O) groups is 2. The van der Waals surface area contributed by atoms with Gasteiger partial charge in [0.25, 0.3) is 5.91 Å². The van der Waals surface area contributed by atoms with Gasteiger partial charge in [0.2, 0.25) is 11.8 Å². The molecule has 156 valence electrons. The van der Waals surface area contributed by atoms with E-state index < -0.39 is 5.54 Å². The second-order valence-electron chi connectivity index (χ2n) is 7.48. The number of nitrogens with one attached hydrogen (secondary N) is 3. The maximum absolute atomic E-state index is 13.1. The third kappa shape index (κ3) is 3.98. The summed E-state index contributed by atoms with van der Waals surface area (Å²) in [7, 11) is 0. The number of para-hydroxylation sites is 1. The van der Waals surface area contributed by atoms with Gasteiger partial charge in [-0.1, -0.05) is 31.0 Å². The van der Waals surface area contributed by atoms with E-state index in [1.165, 1.54) is 0 Å². The van der Waals surface area contributed by atoms with Gasteiger partial charge in [0.15, 0.2) is 5.69 Å². The molecular weight excluding hydrogens is 382 g/mol. The Morgan fingerprint density at radius 2 is 2.00 bits per heavy atom. The minimum atomic E-state index is -0.924. The van der Waals surface area contributed by atoms with Gasteiger partial charge in [-0.2, -0.15) is 5.10 Å². The van der Waals surface area contributed by atoms with Crippen LogP contribution in [0.2, 0.25) is 0 Å². The maximum atomic E-state index is 13.1. The third-order valence-electron chi connectivity index (χ3n) is 5.47. The molecular formula is C22H25N5O3. The lowest BCUT2D eigenvalue weighted by molar-refractivity contribution is -0.127. The fraction of sp³-hybridized carbons (Fsp3) is 0.364. The summed E-state index contributed by atoms with van der Waals surface area (Å²) < 4.78 is 5.41. The minimum Gasteiger partial charge on any atom is -0.478 e. The van der Waals surface area contributed by atoms with E-state index in [4.69, 9.17) is 4.74 Å². The number of aromatic nitrogens is 3. The first kappa shape index (κ1) is 19.9. The standard InChI is InChI=1S/C22H25N5O3/c1-2-30-18-13-15(9-12-23-18)14-24-21(29)22(10-5-6-11-22)25-20(28)19-16-7-3-4-8-17(16)26-27-19/h3-4,7-9,12-13H,2,5-6,10-11,14H2,1H3,(H,24,29)(H,25,28)(H,26,27). The SMILES string of the molecule is CCOc1cc(CNC(=O)C2(NC(=O)c3n[nH]c4ccccc34)CCCC2)ccn1. The van der Waals surface area contributed by atoms with Crippen LogP contribution in [-0.4, -0.2) is 39.1 Å². The molecule has 2 amide bonds. The molecule has 2 heterocycles. The summed E-state index contributed by atoms with van der Waals surface area (Å²) in [6, 6.07) is 11.1. The highest BCUT2D eigenvalue weighted by atomic mass is 16.5. The maximum Gasteiger partial charge on any atom is 0.273 e. The van der Waals surface area contributed by atoms with Gasteiger partial charge in [-0.3, -0.25) is 14.7 Å². The first-order valence-electron chi connectivity index (χ1n) is 10.2. The number of nitrogens with zero attached hydrogens (tertiary/aromatic N) is 2. The first-order chi connectivity index (χ1) is 14.6. The van der Waals surface area contributed by atoms with Crippen LogP contribution in [0.25, 0.3) is 10.9 Å². The molecule has 3 aromatic rings. The zero-order chi connectivity index (χ0) is 21.0. The Morgan fingerprint density at radius 3 is 2.80 bits per heavy atom. The molecule has 1 aliphatic rings. The number of hydrogen-bond acceptors (Lipinski definition) is 5. The van der Waals surface area contributed by atoms with Crippen molar-refractivity contribution in [2.24, 2.45) is 0 Å². The Bertz CT molecular complexity index is 1060. The molecule has 2 aromatic heterocycles. The molecule has 0 bridgehead atoms. The summed E-state index contributed by atoms with van der Waals surface area (Å²) in [5, 5.41) is 13.7. The molecule has 8 nitrogen and oxygen atoms in total. The van der Waals surface area contributed by atoms with E-state index in [0.717, 1.165) is 29.3 Å². The van der Waals surface area contributed by atoms with Crippen LogP contribution >= 0.6 is 0 Å². The predicted molar refractivity (Wildman–Crippen MR) is 112 cm³/mol. The number of aromatic amines is 1. The van der Waals surface area contributed by atoms with Crippen molar-refractivity contribution in [1.82, 2.24) is 25.8 Å². The van der Waals surface area contributed by atoms with E-state index in [9.17, 15) is 9.59 Å². The molecule has 0 saturated heterocycles. The number of hydrogen-bond donors (Lipinski definition) is 3. The van der Waals surface area contributed by atoms with Gasteiger partial charge < -0.3 is 15.4 Å². The summed E-state index contributed by atoms with van der Waals surface area (Å²) >= 11 is 0. The van der Waals surface area contributed by atoms with Crippen molar-refractivity contribution >= 4 is 22.7 Å². The van der Waals surface area contributed by atoms with Crippen LogP contribution in [0, 0.1) is 0 Å². The first-order valence-corrected chi connectivity index (χ1v) is 10.2. The van der Waals surface area contributed by atoms with Crippen molar-refractivity contribution in [3.05, 3.63) is 53.9 Å². The van der Waals surface area contributed by atoms with Crippen LogP contribution in [-0.2, 0) is 11.3 Å². The topological polar surface area (TPSA) is 109 Å². The summed E-state index contributed by atoms with van der Waals surface area (Å²) in [6.07, 6.45) is 4.64. The predicted octanol–water partition coefficient (Wildman–Crippen LogP) is 2.72. The molecule has 0 unspecified atom stereocenters. The highest BCUT2D eigenvalue weighted by molar-refractivity contribution is 6.06. The second-order valence-corrected chi connectivity index (χ2v) is 7.48. The molecule has 0 atom stereocenters. The zero-order valence-electron chi connectivity index (χ0n) is 16.9. The molecule has 0 spiro atoms. The molecule has 1 aromatic carbocycles. The van der Waals surface area contributed by atoms with Crippen LogP contribution in [0.4, 0.5) is 0 Å². The number of benzene rings is 1. The van der Waals surface area contributed by atoms with Gasteiger partial charge in [0.1, 0.15) is 5.54 Å². The van der Waals surface area contributed by atoms with E-state index in [1.807, 2.05) is 37.3 Å². The lowest BCUT2D eigenvalue weighted by atomic mass is 9.95. The van der Waals surface area contributed by atoms with Crippen LogP contribution in [0.1, 0.15) is 48.7 Å². The minimum absolute atomic E-state index is 0.178. The summed E-state index contributed by atoms with van der Waals surface area (Å²) in [5.41, 5.74) is 1.06. The molecule has 0 aliphatic heterocycles. The Labute approximate surface area is 174 Å². The molecule has 30 heavy (non-hydrogen) atoms. The third-order valence-corrected chi connectivity index (χ3v) is 5.47. The fourth-order valence-electron chi connectivity index (χ4n) is 3.94. The van der Waals surface area contributed by atoms with Crippen LogP contribution in [0.3, 0.4) is 0 Å². The number of ether oxygens (including phenoxy) is 1. The monoisotopic (exact) mass is 407 g/mol. The van der Waals surface area contributed by atoms with Crippen molar-refractivity contribution in [3.63, 3.8) is 0 Å². The summed E-state index contributed by atoms with van der Waals surface area (Å²) in [4.78, 5) is 30.2. The molecule has 0 radical (unpaired) electrons. The lowest BCUT2D eigenvalue weighted by Crippen LogP contribution is -2.57. The molecule has 4 rings (SSSR count). The quantitative estimate of drug-likeness (QED) is 0.558. The Kier molecular flexibility index (Phi) is 5.65. The van der Waals surface area contributed by atoms with E-state index >= 15 is 0 Å². The number of rotatable bonds is 7. The lowest BCUT2D eigenvalue weighted by Gasteiger charge is -2.28. The molecule has 1 fully saturated rings. The van der Waals surface area contributed by atoms with Gasteiger partial charge in [-0.15, -0.1) is 0 Å². The van der Waals surface area contributed by atoms with Crippen molar-refractivity contribution in [1.29, 1.82) is 0 Å². The highest BCUT2D eigenvalue weighted by Gasteiger charge is 2.42. The van der Waals surface area contributed by atoms with Crippen molar-refractivity contribution in [2.45, 2.75) is 44.7 Å². The second kappa shape index (κ2) is 8.52. The van der Waals surface area contributed by atoms with Crippen molar-refractivity contribution in [2.75, 3.05) is 6.61 Å². The van der Waals surface area contributed by atoms with Gasteiger partial charge >= 0.3 is 0 Å². The van der Waals surface area contributed by atoms with Gasteiger partial charge in [0.05, 0.1) is 12.1 Å². The zero-order valence-corrected chi connectivity index (χ0v) is 16.9. The fourth-order valence-corrected chi connectivity index (χ4v) is 3.94. The summed E-state index contributed by atoms with van der Waals surface area (Å²) in [5.74, 6) is 0.00792. The largest absolute Gasteiger partial charge is 0.478 e. The van der Waals surface area contributed by atoms with E-state index in [1.54, 1.807) is 12.3 Å². The Hall–Kier alpha value is -3.42. The van der Waals surface area contributed by atoms with Gasteiger partial charge in [-0.05, 0) is 37.5 Å². The molecule has 3 N–H and O–H groups in total. The average Bonchev–Trinajstić information content (AvgIpc) is 3.40. The van der Waals surface area contributed by atoms with E-state index in [-0.39, 0.29) is 11.8 Å². The Balaban J connectivity index is 1.47. The van der Waals surface area contributed by atoms with Crippen LogP contribution < -0.4 is 15.4 Å². The van der Waals surface area contributed by atoms with Gasteiger partial charge in [-0.25, -0.2) is 4.98 Å². The Morgan fingerprint density at radius 1 is 1.20 bits per heavy atom. The van der Waals surface area contributed by atoms with E-state index in [0.29, 0.717) is 37.6 Å². The van der Waals surface area contributed by atoms with Crippen LogP contribution in [0.15, 0.2) is 42.6 Å². The normalized spacial score (nSPS) is 15.1. The van der Waals surface area contributed by atoms with Crippen molar-refractivity contribution in [3.8, 4) is 5.88 Å². The number of amides is 2. The number of H-pyrrole nitrogens is 1. The average molecular weight is 407 g/mol. The molecule has 1 aliphatic carbocycles. The number of fused-ring (bicyclic) bond motifs is 1. The smallest absolute Gasteiger partial charge is 0.273 e.